The van der Waals surface area contributed by atoms with Crippen molar-refractivity contribution < 1.29 is 4.42 Å². The second kappa shape index (κ2) is 4.51. The van der Waals surface area contributed by atoms with E-state index < -0.39 is 0 Å². The maximum absolute atomic E-state index is 6.19. The number of nitrogens with one attached hydrogen (secondary N) is 1. The Hall–Kier alpha value is -1.25. The minimum absolute atomic E-state index is 0.754. The number of hydrogen-bond acceptors (Lipinski definition) is 2. The Balaban J connectivity index is 2.35. The van der Waals surface area contributed by atoms with Crippen molar-refractivity contribution in [2.45, 2.75) is 6.54 Å². The van der Waals surface area contributed by atoms with Gasteiger partial charge in [0.2, 0.25) is 0 Å². The first-order chi connectivity index (χ1) is 7.31. The summed E-state index contributed by atoms with van der Waals surface area (Å²) in [5, 5.41) is 3.84. The Morgan fingerprint density at radius 1 is 1.33 bits per heavy atom. The maximum atomic E-state index is 6.19. The van der Waals surface area contributed by atoms with E-state index in [0.29, 0.717) is 0 Å². The minimum Gasteiger partial charge on any atom is -0.472 e. The molecule has 1 aromatic heterocycles. The van der Waals surface area contributed by atoms with Crippen LogP contribution in [0.25, 0.3) is 11.1 Å². The van der Waals surface area contributed by atoms with Gasteiger partial charge in [-0.25, -0.2) is 0 Å². The summed E-state index contributed by atoms with van der Waals surface area (Å²) < 4.78 is 5.03. The molecule has 2 nitrogen and oxygen atoms in total. The fourth-order valence-corrected chi connectivity index (χ4v) is 1.84. The van der Waals surface area contributed by atoms with Crippen LogP contribution in [0.5, 0.6) is 0 Å². The highest BCUT2D eigenvalue weighted by Gasteiger charge is 2.05. The summed E-state index contributed by atoms with van der Waals surface area (Å²) in [6.45, 7) is 0.825. The summed E-state index contributed by atoms with van der Waals surface area (Å²) in [4.78, 5) is 0. The monoisotopic (exact) mass is 221 g/mol. The molecule has 1 heterocycles. The molecule has 0 unspecified atom stereocenters. The van der Waals surface area contributed by atoms with Gasteiger partial charge >= 0.3 is 0 Å². The predicted molar refractivity (Wildman–Crippen MR) is 61.9 cm³/mol. The number of furan rings is 1. The van der Waals surface area contributed by atoms with Crippen LogP contribution in [0, 0.1) is 0 Å². The molecule has 1 N–H and O–H groups in total. The van der Waals surface area contributed by atoms with Gasteiger partial charge in [-0.3, -0.25) is 0 Å². The Labute approximate surface area is 93.9 Å². The fourth-order valence-electron chi connectivity index (χ4n) is 1.52. The standard InChI is InChI=1S/C12H12ClNO/c1-14-7-9-2-3-11(12(13)6-9)10-4-5-15-8-10/h2-6,8,14H,7H2,1H3. The minimum atomic E-state index is 0.754. The third-order valence-electron chi connectivity index (χ3n) is 2.25. The molecule has 0 amide bonds. The molecular weight excluding hydrogens is 210 g/mol. The molecule has 1 aromatic carbocycles. The summed E-state index contributed by atoms with van der Waals surface area (Å²) in [6, 6.07) is 7.95. The van der Waals surface area contributed by atoms with Crippen molar-refractivity contribution in [2.75, 3.05) is 7.05 Å². The van der Waals surface area contributed by atoms with Crippen molar-refractivity contribution >= 4 is 11.6 Å². The highest BCUT2D eigenvalue weighted by Crippen LogP contribution is 2.28. The molecule has 3 heteroatoms. The van der Waals surface area contributed by atoms with E-state index in [1.165, 1.54) is 5.56 Å². The second-order valence-corrected chi connectivity index (χ2v) is 3.76. The number of rotatable bonds is 3. The molecule has 0 aliphatic carbocycles. The van der Waals surface area contributed by atoms with E-state index in [9.17, 15) is 0 Å². The molecule has 0 saturated heterocycles. The highest BCUT2D eigenvalue weighted by molar-refractivity contribution is 6.33. The number of halogens is 1. The van der Waals surface area contributed by atoms with Gasteiger partial charge in [-0.15, -0.1) is 0 Å². The molecule has 0 radical (unpaired) electrons. The van der Waals surface area contributed by atoms with E-state index in [-0.39, 0.29) is 0 Å². The van der Waals surface area contributed by atoms with Crippen LogP contribution in [0.3, 0.4) is 0 Å². The number of benzene rings is 1. The van der Waals surface area contributed by atoms with Gasteiger partial charge in [0.25, 0.3) is 0 Å². The van der Waals surface area contributed by atoms with E-state index in [1.807, 2.05) is 25.2 Å². The normalized spacial score (nSPS) is 10.5. The average Bonchev–Trinajstić information content (AvgIpc) is 2.71. The van der Waals surface area contributed by atoms with Crippen molar-refractivity contribution in [3.8, 4) is 11.1 Å². The lowest BCUT2D eigenvalue weighted by Gasteiger charge is -2.04. The smallest absolute Gasteiger partial charge is 0.0981 e. The van der Waals surface area contributed by atoms with Gasteiger partial charge in [0.15, 0.2) is 0 Å². The zero-order valence-corrected chi connectivity index (χ0v) is 9.21. The van der Waals surface area contributed by atoms with Gasteiger partial charge in [-0.05, 0) is 24.7 Å². The van der Waals surface area contributed by atoms with E-state index in [0.717, 1.165) is 22.7 Å². The molecule has 0 aliphatic rings. The van der Waals surface area contributed by atoms with Crippen LogP contribution in [0.1, 0.15) is 5.56 Å². The molecule has 0 atom stereocenters. The second-order valence-electron chi connectivity index (χ2n) is 3.36. The SMILES string of the molecule is CNCc1ccc(-c2ccoc2)c(Cl)c1. The average molecular weight is 222 g/mol. The van der Waals surface area contributed by atoms with Crippen LogP contribution in [-0.4, -0.2) is 7.05 Å². The third kappa shape index (κ3) is 2.22. The van der Waals surface area contributed by atoms with Gasteiger partial charge in [-0.1, -0.05) is 23.7 Å². The summed E-state index contributed by atoms with van der Waals surface area (Å²) in [6.07, 6.45) is 3.34. The predicted octanol–water partition coefficient (Wildman–Crippen LogP) is 3.32. The van der Waals surface area contributed by atoms with E-state index >= 15 is 0 Å². The van der Waals surface area contributed by atoms with Crippen LogP contribution < -0.4 is 5.32 Å². The Morgan fingerprint density at radius 2 is 2.20 bits per heavy atom. The Kier molecular flexibility index (Phi) is 3.09. The lowest BCUT2D eigenvalue weighted by Crippen LogP contribution is -2.04. The molecule has 2 rings (SSSR count). The van der Waals surface area contributed by atoms with Crippen LogP contribution in [0.2, 0.25) is 5.02 Å². The zero-order chi connectivity index (χ0) is 10.7. The topological polar surface area (TPSA) is 25.2 Å². The summed E-state index contributed by atoms with van der Waals surface area (Å²) in [5.41, 5.74) is 3.19. The van der Waals surface area contributed by atoms with Crippen LogP contribution in [-0.2, 0) is 6.54 Å². The zero-order valence-electron chi connectivity index (χ0n) is 8.46. The number of hydrogen-bond donors (Lipinski definition) is 1. The highest BCUT2D eigenvalue weighted by atomic mass is 35.5. The molecule has 78 valence electrons. The summed E-state index contributed by atoms with van der Waals surface area (Å²) in [5.74, 6) is 0. The van der Waals surface area contributed by atoms with Crippen molar-refractivity contribution in [3.63, 3.8) is 0 Å². The first-order valence-corrected chi connectivity index (χ1v) is 5.14. The van der Waals surface area contributed by atoms with Crippen LogP contribution in [0.15, 0.2) is 41.2 Å². The Morgan fingerprint density at radius 3 is 2.80 bits per heavy atom. The van der Waals surface area contributed by atoms with E-state index in [4.69, 9.17) is 16.0 Å². The van der Waals surface area contributed by atoms with Gasteiger partial charge < -0.3 is 9.73 Å². The van der Waals surface area contributed by atoms with Crippen molar-refractivity contribution in [2.24, 2.45) is 0 Å². The molecule has 2 aromatic rings. The molecule has 15 heavy (non-hydrogen) atoms. The molecule has 0 bridgehead atoms. The molecule has 0 saturated carbocycles. The Bertz CT molecular complexity index is 437. The van der Waals surface area contributed by atoms with Gasteiger partial charge in [0.1, 0.15) is 0 Å². The largest absolute Gasteiger partial charge is 0.472 e. The van der Waals surface area contributed by atoms with Gasteiger partial charge in [0.05, 0.1) is 12.5 Å². The fraction of sp³-hybridized carbons (Fsp3) is 0.167. The molecule has 0 spiro atoms. The lowest BCUT2D eigenvalue weighted by molar-refractivity contribution is 0.568. The maximum Gasteiger partial charge on any atom is 0.0981 e. The quantitative estimate of drug-likeness (QED) is 0.860. The summed E-state index contributed by atoms with van der Waals surface area (Å²) in [7, 11) is 1.91. The molecular formula is C12H12ClNO. The molecule has 0 fully saturated rings. The third-order valence-corrected chi connectivity index (χ3v) is 2.56. The van der Waals surface area contributed by atoms with Crippen molar-refractivity contribution in [3.05, 3.63) is 47.4 Å². The van der Waals surface area contributed by atoms with Crippen LogP contribution in [0.4, 0.5) is 0 Å². The van der Waals surface area contributed by atoms with Gasteiger partial charge in [-0.2, -0.15) is 0 Å². The molecule has 0 aliphatic heterocycles. The van der Waals surface area contributed by atoms with E-state index in [2.05, 4.69) is 11.4 Å². The summed E-state index contributed by atoms with van der Waals surface area (Å²) >= 11 is 6.19. The van der Waals surface area contributed by atoms with Crippen molar-refractivity contribution in [1.82, 2.24) is 5.32 Å². The van der Waals surface area contributed by atoms with Crippen LogP contribution >= 0.6 is 11.6 Å². The van der Waals surface area contributed by atoms with E-state index in [1.54, 1.807) is 12.5 Å². The first-order valence-electron chi connectivity index (χ1n) is 4.77. The van der Waals surface area contributed by atoms with Gasteiger partial charge in [0, 0.05) is 22.7 Å². The first kappa shape index (κ1) is 10.3. The van der Waals surface area contributed by atoms with Crippen molar-refractivity contribution in [1.29, 1.82) is 0 Å². The lowest BCUT2D eigenvalue weighted by atomic mass is 10.1.